The highest BCUT2D eigenvalue weighted by Gasteiger charge is 2.04. The van der Waals surface area contributed by atoms with Crippen LogP contribution in [0.25, 0.3) is 0 Å². The van der Waals surface area contributed by atoms with Crippen LogP contribution in [0.15, 0.2) is 6.20 Å². The summed E-state index contributed by atoms with van der Waals surface area (Å²) in [6, 6.07) is 0. The average Bonchev–Trinajstić information content (AvgIpc) is 2.15. The van der Waals surface area contributed by atoms with Crippen LogP contribution in [0.5, 0.6) is 0 Å². The van der Waals surface area contributed by atoms with Gasteiger partial charge in [0.2, 0.25) is 0 Å². The van der Waals surface area contributed by atoms with Gasteiger partial charge < -0.3 is 5.11 Å². The fraction of sp³-hybridized carbons (Fsp3) is 0.333. The highest BCUT2D eigenvalue weighted by Crippen LogP contribution is 2.11. The second kappa shape index (κ2) is 2.79. The Morgan fingerprint density at radius 2 is 2.60 bits per heavy atom. The summed E-state index contributed by atoms with van der Waals surface area (Å²) in [7, 11) is 0. The van der Waals surface area contributed by atoms with Gasteiger partial charge in [-0.15, -0.1) is 0 Å². The maximum Gasteiger partial charge on any atom is 0.307 e. The van der Waals surface area contributed by atoms with Gasteiger partial charge in [0.25, 0.3) is 0 Å². The standard InChI is InChI=1S/C6H7NO2S/c1-4-5(2-6(8)9)3-7-10-4/h3H,2H2,1H3,(H,8,9). The lowest BCUT2D eigenvalue weighted by Gasteiger charge is -1.89. The molecule has 0 aliphatic carbocycles. The van der Waals surface area contributed by atoms with E-state index in [4.69, 9.17) is 5.11 Å². The van der Waals surface area contributed by atoms with E-state index in [1.54, 1.807) is 6.20 Å². The van der Waals surface area contributed by atoms with Gasteiger partial charge in [-0.25, -0.2) is 4.37 Å². The van der Waals surface area contributed by atoms with E-state index in [-0.39, 0.29) is 6.42 Å². The van der Waals surface area contributed by atoms with Crippen LogP contribution >= 0.6 is 11.5 Å². The maximum absolute atomic E-state index is 10.2. The third-order valence-corrected chi connectivity index (χ3v) is 1.94. The average molecular weight is 157 g/mol. The third kappa shape index (κ3) is 1.54. The summed E-state index contributed by atoms with van der Waals surface area (Å²) in [6.45, 7) is 1.87. The Morgan fingerprint density at radius 1 is 1.90 bits per heavy atom. The van der Waals surface area contributed by atoms with Crippen LogP contribution in [-0.4, -0.2) is 15.4 Å². The van der Waals surface area contributed by atoms with Gasteiger partial charge in [0.1, 0.15) is 0 Å². The molecule has 1 rings (SSSR count). The monoisotopic (exact) mass is 157 g/mol. The van der Waals surface area contributed by atoms with Crippen molar-refractivity contribution in [2.45, 2.75) is 13.3 Å². The van der Waals surface area contributed by atoms with Crippen molar-refractivity contribution in [2.75, 3.05) is 0 Å². The molecule has 0 amide bonds. The van der Waals surface area contributed by atoms with E-state index >= 15 is 0 Å². The fourth-order valence-electron chi connectivity index (χ4n) is 0.652. The number of aryl methyl sites for hydroxylation is 1. The van der Waals surface area contributed by atoms with Crippen molar-refractivity contribution in [3.63, 3.8) is 0 Å². The van der Waals surface area contributed by atoms with E-state index in [1.807, 2.05) is 6.92 Å². The van der Waals surface area contributed by atoms with Crippen LogP contribution in [0.1, 0.15) is 10.4 Å². The molecule has 0 atom stereocenters. The van der Waals surface area contributed by atoms with Gasteiger partial charge in [0.15, 0.2) is 0 Å². The zero-order valence-electron chi connectivity index (χ0n) is 5.50. The normalized spacial score (nSPS) is 9.70. The second-order valence-electron chi connectivity index (χ2n) is 1.98. The number of rotatable bonds is 2. The number of aromatic nitrogens is 1. The molecular formula is C6H7NO2S. The Balaban J connectivity index is 2.74. The topological polar surface area (TPSA) is 50.2 Å². The van der Waals surface area contributed by atoms with E-state index in [0.717, 1.165) is 10.4 Å². The number of hydrogen-bond donors (Lipinski definition) is 1. The molecule has 0 radical (unpaired) electrons. The first-order valence-electron chi connectivity index (χ1n) is 2.82. The highest BCUT2D eigenvalue weighted by atomic mass is 32.1. The molecule has 1 heterocycles. The molecule has 1 N–H and O–H groups in total. The van der Waals surface area contributed by atoms with Crippen molar-refractivity contribution in [1.82, 2.24) is 4.37 Å². The van der Waals surface area contributed by atoms with E-state index < -0.39 is 5.97 Å². The molecule has 1 aromatic rings. The largest absolute Gasteiger partial charge is 0.481 e. The first-order chi connectivity index (χ1) is 4.70. The highest BCUT2D eigenvalue weighted by molar-refractivity contribution is 7.05. The van der Waals surface area contributed by atoms with Crippen LogP contribution in [0.2, 0.25) is 0 Å². The number of hydrogen-bond acceptors (Lipinski definition) is 3. The predicted molar refractivity (Wildman–Crippen MR) is 38.2 cm³/mol. The molecule has 1 aromatic heterocycles. The van der Waals surface area contributed by atoms with Gasteiger partial charge in [0, 0.05) is 11.1 Å². The van der Waals surface area contributed by atoms with Gasteiger partial charge in [-0.2, -0.15) is 0 Å². The number of nitrogens with zero attached hydrogens (tertiary/aromatic N) is 1. The lowest BCUT2D eigenvalue weighted by molar-refractivity contribution is -0.136. The van der Waals surface area contributed by atoms with E-state index in [9.17, 15) is 4.79 Å². The summed E-state index contributed by atoms with van der Waals surface area (Å²) in [6.07, 6.45) is 1.69. The van der Waals surface area contributed by atoms with Crippen LogP contribution in [0.3, 0.4) is 0 Å². The summed E-state index contributed by atoms with van der Waals surface area (Å²) in [5.74, 6) is -0.802. The van der Waals surface area contributed by atoms with Crippen LogP contribution in [0.4, 0.5) is 0 Å². The molecular weight excluding hydrogens is 150 g/mol. The van der Waals surface area contributed by atoms with Gasteiger partial charge >= 0.3 is 5.97 Å². The van der Waals surface area contributed by atoms with Crippen molar-refractivity contribution in [3.05, 3.63) is 16.6 Å². The van der Waals surface area contributed by atoms with Crippen molar-refractivity contribution < 1.29 is 9.90 Å². The molecule has 0 aliphatic heterocycles. The Hall–Kier alpha value is -0.900. The molecule has 10 heavy (non-hydrogen) atoms. The molecule has 0 unspecified atom stereocenters. The summed E-state index contributed by atoms with van der Waals surface area (Å²) >= 11 is 1.33. The lowest BCUT2D eigenvalue weighted by Crippen LogP contribution is -1.99. The van der Waals surface area contributed by atoms with Crippen molar-refractivity contribution in [1.29, 1.82) is 0 Å². The van der Waals surface area contributed by atoms with Crippen LogP contribution < -0.4 is 0 Å². The maximum atomic E-state index is 10.2. The molecule has 0 spiro atoms. The van der Waals surface area contributed by atoms with E-state index in [2.05, 4.69) is 4.37 Å². The number of carboxylic acids is 1. The first-order valence-corrected chi connectivity index (χ1v) is 3.59. The van der Waals surface area contributed by atoms with Crippen molar-refractivity contribution in [3.8, 4) is 0 Å². The lowest BCUT2D eigenvalue weighted by atomic mass is 10.2. The Kier molecular flexibility index (Phi) is 2.01. The van der Waals surface area contributed by atoms with Gasteiger partial charge in [-0.05, 0) is 24.0 Å². The summed E-state index contributed by atoms with van der Waals surface area (Å²) in [5, 5.41) is 8.39. The van der Waals surface area contributed by atoms with Crippen LogP contribution in [0, 0.1) is 6.92 Å². The molecule has 54 valence electrons. The van der Waals surface area contributed by atoms with Gasteiger partial charge in [-0.1, -0.05) is 0 Å². The van der Waals surface area contributed by atoms with Crippen molar-refractivity contribution >= 4 is 17.5 Å². The quantitative estimate of drug-likeness (QED) is 0.698. The smallest absolute Gasteiger partial charge is 0.307 e. The van der Waals surface area contributed by atoms with Crippen molar-refractivity contribution in [2.24, 2.45) is 0 Å². The molecule has 0 saturated carbocycles. The molecule has 0 bridgehead atoms. The molecule has 0 aromatic carbocycles. The summed E-state index contributed by atoms with van der Waals surface area (Å²) in [4.78, 5) is 11.2. The van der Waals surface area contributed by atoms with E-state index in [1.165, 1.54) is 11.5 Å². The minimum absolute atomic E-state index is 0.0856. The van der Waals surface area contributed by atoms with Gasteiger partial charge in [-0.3, -0.25) is 4.79 Å². The molecule has 0 fully saturated rings. The number of carbonyl (C=O) groups is 1. The third-order valence-electron chi connectivity index (χ3n) is 1.19. The zero-order valence-corrected chi connectivity index (χ0v) is 6.31. The van der Waals surface area contributed by atoms with E-state index in [0.29, 0.717) is 0 Å². The molecule has 4 heteroatoms. The number of carboxylic acid groups (broad SMARTS) is 1. The molecule has 0 saturated heterocycles. The zero-order chi connectivity index (χ0) is 7.56. The first kappa shape index (κ1) is 7.21. The minimum Gasteiger partial charge on any atom is -0.481 e. The second-order valence-corrected chi connectivity index (χ2v) is 2.98. The Labute approximate surface area is 62.5 Å². The Bertz CT molecular complexity index is 244. The predicted octanol–water partition coefficient (Wildman–Crippen LogP) is 1.08. The fourth-order valence-corrected chi connectivity index (χ4v) is 1.23. The summed E-state index contributed by atoms with van der Waals surface area (Å²) in [5.41, 5.74) is 0.817. The van der Waals surface area contributed by atoms with Gasteiger partial charge in [0.05, 0.1) is 6.42 Å². The summed E-state index contributed by atoms with van der Waals surface area (Å²) < 4.78 is 3.85. The number of aliphatic carboxylic acids is 1. The Morgan fingerprint density at radius 3 is 3.00 bits per heavy atom. The minimum atomic E-state index is -0.802. The van der Waals surface area contributed by atoms with Crippen LogP contribution in [-0.2, 0) is 11.2 Å². The SMILES string of the molecule is Cc1sncc1CC(=O)O. The molecule has 3 nitrogen and oxygen atoms in total. The molecule has 0 aliphatic rings.